The molecule has 108 valence electrons. The number of aromatic nitrogens is 1. The first-order chi connectivity index (χ1) is 9.85. The molecular weight excluding hydrogens is 254 g/mol. The van der Waals surface area contributed by atoms with E-state index in [0.29, 0.717) is 19.8 Å². The van der Waals surface area contributed by atoms with E-state index < -0.39 is 0 Å². The van der Waals surface area contributed by atoms with Gasteiger partial charge in [0.25, 0.3) is 0 Å². The third-order valence-electron chi connectivity index (χ3n) is 3.20. The molecule has 5 nitrogen and oxygen atoms in total. The number of methoxy groups -OCH3 is 1. The summed E-state index contributed by atoms with van der Waals surface area (Å²) in [7, 11) is 1.66. The number of hydrazine groups is 1. The minimum atomic E-state index is 0.0367. The van der Waals surface area contributed by atoms with E-state index in [9.17, 15) is 0 Å². The molecule has 1 unspecified atom stereocenters. The number of pyridine rings is 1. The summed E-state index contributed by atoms with van der Waals surface area (Å²) in [5.74, 6) is 5.63. The topological polar surface area (TPSA) is 69.4 Å². The molecule has 1 aromatic carbocycles. The zero-order chi connectivity index (χ0) is 14.2. The van der Waals surface area contributed by atoms with Crippen molar-refractivity contribution in [2.75, 3.05) is 26.9 Å². The van der Waals surface area contributed by atoms with Gasteiger partial charge in [0.1, 0.15) is 0 Å². The second-order valence-electron chi connectivity index (χ2n) is 4.57. The molecule has 0 saturated carbocycles. The van der Waals surface area contributed by atoms with E-state index in [-0.39, 0.29) is 6.04 Å². The molecule has 0 aliphatic heterocycles. The summed E-state index contributed by atoms with van der Waals surface area (Å²) < 4.78 is 10.4. The fraction of sp³-hybridized carbons (Fsp3) is 0.400. The van der Waals surface area contributed by atoms with E-state index in [1.807, 2.05) is 24.4 Å². The van der Waals surface area contributed by atoms with Gasteiger partial charge in [0.2, 0.25) is 0 Å². The Labute approximate surface area is 119 Å². The normalized spacial score (nSPS) is 12.7. The first-order valence-electron chi connectivity index (χ1n) is 6.72. The van der Waals surface area contributed by atoms with Gasteiger partial charge in [-0.15, -0.1) is 0 Å². The number of rotatable bonds is 8. The van der Waals surface area contributed by atoms with Crippen molar-refractivity contribution in [3.05, 3.63) is 42.1 Å². The Morgan fingerprint density at radius 1 is 1.25 bits per heavy atom. The van der Waals surface area contributed by atoms with E-state index in [4.69, 9.17) is 15.3 Å². The first kappa shape index (κ1) is 14.9. The van der Waals surface area contributed by atoms with Crippen LogP contribution in [0.2, 0.25) is 0 Å². The molecule has 5 heteroatoms. The van der Waals surface area contributed by atoms with Crippen molar-refractivity contribution in [3.63, 3.8) is 0 Å². The lowest BCUT2D eigenvalue weighted by Gasteiger charge is -2.16. The third-order valence-corrected chi connectivity index (χ3v) is 3.20. The van der Waals surface area contributed by atoms with Gasteiger partial charge in [0.15, 0.2) is 0 Å². The Morgan fingerprint density at radius 2 is 2.10 bits per heavy atom. The van der Waals surface area contributed by atoms with Gasteiger partial charge in [-0.05, 0) is 24.1 Å². The number of para-hydroxylation sites is 1. The fourth-order valence-electron chi connectivity index (χ4n) is 2.07. The maximum absolute atomic E-state index is 5.63. The summed E-state index contributed by atoms with van der Waals surface area (Å²) in [5, 5.41) is 1.12. The number of ether oxygens (including phenoxy) is 2. The highest BCUT2D eigenvalue weighted by Crippen LogP contribution is 2.20. The van der Waals surface area contributed by atoms with E-state index >= 15 is 0 Å². The number of nitrogens with zero attached hydrogens (tertiary/aromatic N) is 1. The molecule has 0 bridgehead atoms. The van der Waals surface area contributed by atoms with Crippen molar-refractivity contribution >= 4 is 10.9 Å². The molecule has 2 aromatic rings. The fourth-order valence-corrected chi connectivity index (χ4v) is 2.07. The van der Waals surface area contributed by atoms with Crippen molar-refractivity contribution in [1.29, 1.82) is 0 Å². The third kappa shape index (κ3) is 3.98. The van der Waals surface area contributed by atoms with Gasteiger partial charge < -0.3 is 9.47 Å². The molecular formula is C15H21N3O2. The Kier molecular flexibility index (Phi) is 5.88. The lowest BCUT2D eigenvalue weighted by Crippen LogP contribution is -2.29. The van der Waals surface area contributed by atoms with Gasteiger partial charge in [-0.25, -0.2) is 0 Å². The Hall–Kier alpha value is -1.53. The lowest BCUT2D eigenvalue weighted by atomic mass is 10.0. The van der Waals surface area contributed by atoms with E-state index in [2.05, 4.69) is 22.5 Å². The molecule has 1 atom stereocenters. The number of nitrogens with two attached hydrogens (primary N) is 1. The molecule has 2 rings (SSSR count). The summed E-state index contributed by atoms with van der Waals surface area (Å²) in [5.41, 5.74) is 4.88. The second-order valence-corrected chi connectivity index (χ2v) is 4.57. The number of nitrogens with one attached hydrogen (secondary N) is 1. The molecule has 0 spiro atoms. The molecule has 3 N–H and O–H groups in total. The summed E-state index contributed by atoms with van der Waals surface area (Å²) in [6, 6.07) is 10.2. The second kappa shape index (κ2) is 7.91. The highest BCUT2D eigenvalue weighted by Gasteiger charge is 2.10. The highest BCUT2D eigenvalue weighted by molar-refractivity contribution is 5.78. The maximum atomic E-state index is 5.63. The van der Waals surface area contributed by atoms with Crippen LogP contribution in [0.1, 0.15) is 18.0 Å². The molecule has 0 fully saturated rings. The average molecular weight is 275 g/mol. The van der Waals surface area contributed by atoms with Gasteiger partial charge in [0.05, 0.1) is 18.7 Å². The molecule has 0 saturated heterocycles. The SMILES string of the molecule is COCCOCCC(NN)c1cnc2ccccc2c1. The van der Waals surface area contributed by atoms with Gasteiger partial charge in [-0.2, -0.15) is 0 Å². The van der Waals surface area contributed by atoms with Gasteiger partial charge in [-0.3, -0.25) is 16.3 Å². The van der Waals surface area contributed by atoms with Crippen molar-refractivity contribution in [3.8, 4) is 0 Å². The van der Waals surface area contributed by atoms with Crippen LogP contribution in [0.25, 0.3) is 10.9 Å². The monoisotopic (exact) mass is 275 g/mol. The zero-order valence-electron chi connectivity index (χ0n) is 11.7. The lowest BCUT2D eigenvalue weighted by molar-refractivity contribution is 0.0657. The van der Waals surface area contributed by atoms with Gasteiger partial charge in [-0.1, -0.05) is 18.2 Å². The number of benzene rings is 1. The van der Waals surface area contributed by atoms with Gasteiger partial charge >= 0.3 is 0 Å². The van der Waals surface area contributed by atoms with Crippen LogP contribution in [-0.2, 0) is 9.47 Å². The minimum Gasteiger partial charge on any atom is -0.382 e. The minimum absolute atomic E-state index is 0.0367. The van der Waals surface area contributed by atoms with Crippen molar-refractivity contribution in [1.82, 2.24) is 10.4 Å². The summed E-state index contributed by atoms with van der Waals surface area (Å²) in [6.07, 6.45) is 2.66. The number of fused-ring (bicyclic) bond motifs is 1. The molecule has 20 heavy (non-hydrogen) atoms. The van der Waals surface area contributed by atoms with E-state index in [1.165, 1.54) is 0 Å². The van der Waals surface area contributed by atoms with E-state index in [1.54, 1.807) is 7.11 Å². The van der Waals surface area contributed by atoms with Crippen LogP contribution in [0.5, 0.6) is 0 Å². The van der Waals surface area contributed by atoms with Crippen molar-refractivity contribution < 1.29 is 9.47 Å². The molecule has 0 amide bonds. The molecule has 1 heterocycles. The first-order valence-corrected chi connectivity index (χ1v) is 6.72. The summed E-state index contributed by atoms with van der Waals surface area (Å²) >= 11 is 0. The smallest absolute Gasteiger partial charge is 0.0702 e. The largest absolute Gasteiger partial charge is 0.382 e. The number of hydrogen-bond acceptors (Lipinski definition) is 5. The predicted octanol–water partition coefficient (Wildman–Crippen LogP) is 1.79. The Balaban J connectivity index is 1.98. The van der Waals surface area contributed by atoms with Crippen LogP contribution in [0.4, 0.5) is 0 Å². The van der Waals surface area contributed by atoms with E-state index in [0.717, 1.165) is 22.9 Å². The van der Waals surface area contributed by atoms with Crippen LogP contribution in [-0.4, -0.2) is 31.9 Å². The molecule has 1 aromatic heterocycles. The van der Waals surface area contributed by atoms with Crippen LogP contribution >= 0.6 is 0 Å². The Morgan fingerprint density at radius 3 is 2.90 bits per heavy atom. The molecule has 0 aliphatic carbocycles. The standard InChI is InChI=1S/C15H21N3O2/c1-19-8-9-20-7-6-15(18-16)13-10-12-4-2-3-5-14(12)17-11-13/h2-5,10-11,15,18H,6-9,16H2,1H3. The number of hydrogen-bond donors (Lipinski definition) is 2. The summed E-state index contributed by atoms with van der Waals surface area (Å²) in [4.78, 5) is 4.45. The average Bonchev–Trinajstić information content (AvgIpc) is 2.50. The zero-order valence-corrected chi connectivity index (χ0v) is 11.7. The van der Waals surface area contributed by atoms with Crippen molar-refractivity contribution in [2.24, 2.45) is 5.84 Å². The molecule has 0 aliphatic rings. The Bertz CT molecular complexity index is 533. The van der Waals surface area contributed by atoms with Crippen LogP contribution in [0.15, 0.2) is 36.5 Å². The maximum Gasteiger partial charge on any atom is 0.0702 e. The van der Waals surface area contributed by atoms with Crippen LogP contribution in [0.3, 0.4) is 0 Å². The quantitative estimate of drug-likeness (QED) is 0.437. The highest BCUT2D eigenvalue weighted by atomic mass is 16.5. The van der Waals surface area contributed by atoms with Crippen LogP contribution in [0, 0.1) is 0 Å². The summed E-state index contributed by atoms with van der Waals surface area (Å²) in [6.45, 7) is 1.84. The van der Waals surface area contributed by atoms with Crippen LogP contribution < -0.4 is 11.3 Å². The van der Waals surface area contributed by atoms with Gasteiger partial charge in [0, 0.05) is 31.3 Å². The molecule has 0 radical (unpaired) electrons. The van der Waals surface area contributed by atoms with Crippen molar-refractivity contribution in [2.45, 2.75) is 12.5 Å². The predicted molar refractivity (Wildman–Crippen MR) is 79.1 cm³/mol.